The SMILES string of the molecule is CC1CCC(C2CCC(C(=C/C=C/F)/C(F)=C/F)CC2)CC1. The quantitative estimate of drug-likeness (QED) is 0.500. The van der Waals surface area contributed by atoms with Gasteiger partial charge < -0.3 is 0 Å². The molecule has 2 aliphatic carbocycles. The standard InChI is InChI=1S/C19H27F3/c1-14-4-6-15(7-5-14)16-8-10-17(11-9-16)18(3-2-12-20)19(22)13-21/h2-3,12-17H,4-11H2,1H3/b12-2+,18-3-,19-13-. The highest BCUT2D eigenvalue weighted by Crippen LogP contribution is 2.43. The first kappa shape index (κ1) is 17.4. The fourth-order valence-corrected chi connectivity index (χ4v) is 4.27. The van der Waals surface area contributed by atoms with Crippen LogP contribution in [0.15, 0.2) is 36.2 Å². The largest absolute Gasteiger partial charge is 0.216 e. The van der Waals surface area contributed by atoms with Crippen LogP contribution in [0.2, 0.25) is 0 Å². The molecule has 0 heterocycles. The highest BCUT2D eigenvalue weighted by atomic mass is 19.2. The van der Waals surface area contributed by atoms with Gasteiger partial charge in [0.2, 0.25) is 0 Å². The van der Waals surface area contributed by atoms with Crippen molar-refractivity contribution in [2.45, 2.75) is 58.3 Å². The molecule has 124 valence electrons. The van der Waals surface area contributed by atoms with E-state index in [2.05, 4.69) is 6.92 Å². The maximum atomic E-state index is 13.7. The molecule has 0 aromatic heterocycles. The van der Waals surface area contributed by atoms with Crippen molar-refractivity contribution in [3.8, 4) is 0 Å². The van der Waals surface area contributed by atoms with Crippen LogP contribution in [0.5, 0.6) is 0 Å². The van der Waals surface area contributed by atoms with E-state index in [-0.39, 0.29) is 12.2 Å². The minimum atomic E-state index is -0.854. The molecule has 0 amide bonds. The van der Waals surface area contributed by atoms with Crippen molar-refractivity contribution in [1.82, 2.24) is 0 Å². The van der Waals surface area contributed by atoms with E-state index < -0.39 is 5.83 Å². The Hall–Kier alpha value is -0.990. The van der Waals surface area contributed by atoms with Crippen molar-refractivity contribution in [3.05, 3.63) is 36.2 Å². The Morgan fingerprint density at radius 3 is 1.91 bits per heavy atom. The van der Waals surface area contributed by atoms with Gasteiger partial charge in [-0.3, -0.25) is 0 Å². The summed E-state index contributed by atoms with van der Waals surface area (Å²) in [5.41, 5.74) is 0.312. The van der Waals surface area contributed by atoms with Crippen molar-refractivity contribution in [1.29, 1.82) is 0 Å². The maximum Gasteiger partial charge on any atom is 0.154 e. The molecule has 0 aromatic rings. The summed E-state index contributed by atoms with van der Waals surface area (Å²) in [7, 11) is 0. The van der Waals surface area contributed by atoms with Crippen LogP contribution in [0.3, 0.4) is 0 Å². The Morgan fingerprint density at radius 1 is 0.864 bits per heavy atom. The zero-order chi connectivity index (χ0) is 15.9. The van der Waals surface area contributed by atoms with Gasteiger partial charge in [0, 0.05) is 0 Å². The second-order valence-electron chi connectivity index (χ2n) is 7.03. The molecule has 2 saturated carbocycles. The Bertz CT molecular complexity index is 420. The second kappa shape index (κ2) is 8.59. The van der Waals surface area contributed by atoms with Gasteiger partial charge >= 0.3 is 0 Å². The summed E-state index contributed by atoms with van der Waals surface area (Å²) in [6.45, 7) is 2.33. The van der Waals surface area contributed by atoms with Crippen LogP contribution in [0.25, 0.3) is 0 Å². The highest BCUT2D eigenvalue weighted by molar-refractivity contribution is 5.30. The Balaban J connectivity index is 1.92. The van der Waals surface area contributed by atoms with Crippen LogP contribution >= 0.6 is 0 Å². The lowest BCUT2D eigenvalue weighted by Gasteiger charge is -2.37. The molecule has 0 aliphatic heterocycles. The van der Waals surface area contributed by atoms with Gasteiger partial charge in [0.05, 0.1) is 6.33 Å². The lowest BCUT2D eigenvalue weighted by Crippen LogP contribution is -2.26. The number of allylic oxidation sites excluding steroid dienone is 4. The van der Waals surface area contributed by atoms with Gasteiger partial charge in [-0.25, -0.2) is 13.2 Å². The summed E-state index contributed by atoms with van der Waals surface area (Å²) in [5.74, 6) is 1.57. The summed E-state index contributed by atoms with van der Waals surface area (Å²) in [5, 5.41) is 0. The van der Waals surface area contributed by atoms with E-state index >= 15 is 0 Å². The molecule has 0 aromatic carbocycles. The van der Waals surface area contributed by atoms with Gasteiger partial charge in [-0.05, 0) is 73.8 Å². The first-order chi connectivity index (χ1) is 10.7. The number of hydrogen-bond donors (Lipinski definition) is 0. The average molecular weight is 312 g/mol. The lowest BCUT2D eigenvalue weighted by molar-refractivity contribution is 0.158. The van der Waals surface area contributed by atoms with Crippen molar-refractivity contribution < 1.29 is 13.2 Å². The summed E-state index contributed by atoms with van der Waals surface area (Å²) < 4.78 is 38.4. The highest BCUT2D eigenvalue weighted by Gasteiger charge is 2.31. The monoisotopic (exact) mass is 312 g/mol. The van der Waals surface area contributed by atoms with Crippen molar-refractivity contribution in [2.75, 3.05) is 0 Å². The maximum absolute atomic E-state index is 13.7. The molecule has 2 fully saturated rings. The van der Waals surface area contributed by atoms with Gasteiger partial charge in [0.15, 0.2) is 5.83 Å². The van der Waals surface area contributed by atoms with Crippen molar-refractivity contribution in [2.24, 2.45) is 23.7 Å². The fourth-order valence-electron chi connectivity index (χ4n) is 4.27. The zero-order valence-electron chi connectivity index (χ0n) is 13.4. The molecule has 22 heavy (non-hydrogen) atoms. The molecule has 0 saturated heterocycles. The second-order valence-corrected chi connectivity index (χ2v) is 7.03. The molecular formula is C19H27F3. The fraction of sp³-hybridized carbons (Fsp3) is 0.684. The minimum Gasteiger partial charge on any atom is -0.216 e. The molecule has 3 heteroatoms. The van der Waals surface area contributed by atoms with E-state index in [4.69, 9.17) is 0 Å². The topological polar surface area (TPSA) is 0 Å². The molecular weight excluding hydrogens is 285 g/mol. The van der Waals surface area contributed by atoms with Gasteiger partial charge in [0.1, 0.15) is 6.33 Å². The van der Waals surface area contributed by atoms with Gasteiger partial charge in [0.25, 0.3) is 0 Å². The lowest BCUT2D eigenvalue weighted by atomic mass is 9.68. The van der Waals surface area contributed by atoms with E-state index in [1.54, 1.807) is 0 Å². The average Bonchev–Trinajstić information content (AvgIpc) is 2.56. The normalized spacial score (nSPS) is 35.1. The zero-order valence-corrected chi connectivity index (χ0v) is 13.4. The molecule has 2 aliphatic rings. The van der Waals surface area contributed by atoms with E-state index in [0.29, 0.717) is 11.9 Å². The summed E-state index contributed by atoms with van der Waals surface area (Å²) in [6, 6.07) is 0. The molecule has 0 atom stereocenters. The van der Waals surface area contributed by atoms with Crippen molar-refractivity contribution >= 4 is 0 Å². The van der Waals surface area contributed by atoms with Crippen LogP contribution in [0.4, 0.5) is 13.2 Å². The third-order valence-corrected chi connectivity index (χ3v) is 5.66. The molecule has 2 rings (SSSR count). The molecule has 0 spiro atoms. The summed E-state index contributed by atoms with van der Waals surface area (Å²) in [4.78, 5) is 0. The molecule has 0 bridgehead atoms. The molecule has 0 radical (unpaired) electrons. The van der Waals surface area contributed by atoms with Crippen LogP contribution in [0.1, 0.15) is 58.3 Å². The molecule has 0 nitrogen and oxygen atoms in total. The Kier molecular flexibility index (Phi) is 6.78. The van der Waals surface area contributed by atoms with E-state index in [9.17, 15) is 13.2 Å². The Morgan fingerprint density at radius 2 is 1.41 bits per heavy atom. The van der Waals surface area contributed by atoms with Crippen LogP contribution in [-0.4, -0.2) is 0 Å². The summed E-state index contributed by atoms with van der Waals surface area (Å²) >= 11 is 0. The summed E-state index contributed by atoms with van der Waals surface area (Å²) in [6.07, 6.45) is 12.1. The van der Waals surface area contributed by atoms with E-state index in [0.717, 1.165) is 49.5 Å². The number of hydrogen-bond acceptors (Lipinski definition) is 0. The first-order valence-electron chi connectivity index (χ1n) is 8.58. The number of halogens is 3. The van der Waals surface area contributed by atoms with Crippen LogP contribution < -0.4 is 0 Å². The smallest absolute Gasteiger partial charge is 0.154 e. The first-order valence-corrected chi connectivity index (χ1v) is 8.58. The minimum absolute atomic E-state index is 0.00742. The van der Waals surface area contributed by atoms with Crippen LogP contribution in [-0.2, 0) is 0 Å². The third-order valence-electron chi connectivity index (χ3n) is 5.66. The van der Waals surface area contributed by atoms with Gasteiger partial charge in [-0.2, -0.15) is 0 Å². The van der Waals surface area contributed by atoms with Crippen molar-refractivity contribution in [3.63, 3.8) is 0 Å². The molecule has 0 N–H and O–H groups in total. The predicted molar refractivity (Wildman–Crippen MR) is 85.2 cm³/mol. The Labute approximate surface area is 132 Å². The van der Waals surface area contributed by atoms with Gasteiger partial charge in [-0.1, -0.05) is 25.8 Å². The van der Waals surface area contributed by atoms with E-state index in [1.165, 1.54) is 31.8 Å². The van der Waals surface area contributed by atoms with Gasteiger partial charge in [-0.15, -0.1) is 0 Å². The number of rotatable bonds is 4. The predicted octanol–water partition coefficient (Wildman–Crippen LogP) is 6.81. The third kappa shape index (κ3) is 4.50. The molecule has 0 unspecified atom stereocenters. The van der Waals surface area contributed by atoms with E-state index in [1.807, 2.05) is 0 Å². The van der Waals surface area contributed by atoms with Crippen LogP contribution in [0, 0.1) is 23.7 Å².